The van der Waals surface area contributed by atoms with E-state index in [2.05, 4.69) is 4.98 Å². The minimum absolute atomic E-state index is 0.327. The zero-order valence-electron chi connectivity index (χ0n) is 12.2. The molecule has 0 radical (unpaired) electrons. The highest BCUT2D eigenvalue weighted by Crippen LogP contribution is 2.31. The third-order valence-electron chi connectivity index (χ3n) is 3.85. The summed E-state index contributed by atoms with van der Waals surface area (Å²) in [5.74, 6) is -0.229. The molecule has 0 bridgehead atoms. The Hall–Kier alpha value is -2.62. The van der Waals surface area contributed by atoms with Crippen molar-refractivity contribution in [3.8, 4) is 11.4 Å². The molecular weight excluding hydrogens is 264 g/mol. The van der Waals surface area contributed by atoms with Gasteiger partial charge in [-0.15, -0.1) is 0 Å². The molecule has 3 aromatic rings. The van der Waals surface area contributed by atoms with E-state index in [0.717, 1.165) is 22.2 Å². The van der Waals surface area contributed by atoms with Crippen LogP contribution in [-0.4, -0.2) is 20.6 Å². The van der Waals surface area contributed by atoms with Crippen LogP contribution in [0.15, 0.2) is 36.4 Å². The van der Waals surface area contributed by atoms with E-state index < -0.39 is 5.97 Å². The van der Waals surface area contributed by atoms with Gasteiger partial charge in [0.1, 0.15) is 5.82 Å². The monoisotopic (exact) mass is 280 g/mol. The quantitative estimate of drug-likeness (QED) is 0.781. The molecule has 2 aromatic carbocycles. The number of carboxylic acids is 1. The Morgan fingerprint density at radius 3 is 2.43 bits per heavy atom. The van der Waals surface area contributed by atoms with E-state index in [1.54, 1.807) is 0 Å². The number of nitrogens with zero attached hydrogens (tertiary/aromatic N) is 2. The largest absolute Gasteiger partial charge is 0.478 e. The second-order valence-corrected chi connectivity index (χ2v) is 5.24. The number of imidazole rings is 1. The van der Waals surface area contributed by atoms with Gasteiger partial charge in [0.05, 0.1) is 16.6 Å². The van der Waals surface area contributed by atoms with Crippen molar-refractivity contribution in [3.05, 3.63) is 53.1 Å². The summed E-state index contributed by atoms with van der Waals surface area (Å²) in [7, 11) is 1.91. The lowest BCUT2D eigenvalue weighted by atomic mass is 9.96. The van der Waals surface area contributed by atoms with E-state index in [1.165, 1.54) is 0 Å². The first kappa shape index (κ1) is 13.4. The zero-order valence-corrected chi connectivity index (χ0v) is 12.2. The standard InChI is InChI=1S/C17H16N2O2/c1-10-8-9-11(2)15(17(20)21)14(10)16-18-12-6-4-5-7-13(12)19(16)3/h4-9H,1-3H3,(H,20,21). The molecule has 0 unspecified atom stereocenters. The summed E-state index contributed by atoms with van der Waals surface area (Å²) in [5, 5.41) is 9.56. The fraction of sp³-hybridized carbons (Fsp3) is 0.176. The SMILES string of the molecule is Cc1ccc(C)c(-c2nc3ccccc3n2C)c1C(=O)O. The van der Waals surface area contributed by atoms with E-state index in [9.17, 15) is 9.90 Å². The van der Waals surface area contributed by atoms with Crippen LogP contribution in [0.3, 0.4) is 0 Å². The molecule has 0 amide bonds. The van der Waals surface area contributed by atoms with Crippen LogP contribution in [0.1, 0.15) is 21.5 Å². The fourth-order valence-electron chi connectivity index (χ4n) is 2.74. The third-order valence-corrected chi connectivity index (χ3v) is 3.85. The van der Waals surface area contributed by atoms with Gasteiger partial charge in [0.2, 0.25) is 0 Å². The van der Waals surface area contributed by atoms with Crippen molar-refractivity contribution < 1.29 is 9.90 Å². The highest BCUT2D eigenvalue weighted by Gasteiger charge is 2.21. The molecule has 4 heteroatoms. The molecule has 0 saturated carbocycles. The summed E-state index contributed by atoms with van der Waals surface area (Å²) < 4.78 is 1.95. The van der Waals surface area contributed by atoms with Crippen molar-refractivity contribution in [1.82, 2.24) is 9.55 Å². The number of carbonyl (C=O) groups is 1. The summed E-state index contributed by atoms with van der Waals surface area (Å²) in [6, 6.07) is 11.6. The first-order valence-electron chi connectivity index (χ1n) is 6.76. The van der Waals surface area contributed by atoms with Crippen LogP contribution in [0, 0.1) is 13.8 Å². The lowest BCUT2D eigenvalue weighted by Crippen LogP contribution is -2.07. The van der Waals surface area contributed by atoms with Gasteiger partial charge < -0.3 is 9.67 Å². The van der Waals surface area contributed by atoms with E-state index in [4.69, 9.17) is 0 Å². The number of carboxylic acid groups (broad SMARTS) is 1. The van der Waals surface area contributed by atoms with Crippen LogP contribution in [-0.2, 0) is 7.05 Å². The van der Waals surface area contributed by atoms with Gasteiger partial charge in [0.25, 0.3) is 0 Å². The van der Waals surface area contributed by atoms with Gasteiger partial charge >= 0.3 is 5.97 Å². The maximum absolute atomic E-state index is 11.7. The van der Waals surface area contributed by atoms with Crippen molar-refractivity contribution in [2.45, 2.75) is 13.8 Å². The zero-order chi connectivity index (χ0) is 15.1. The van der Waals surface area contributed by atoms with Crippen molar-refractivity contribution in [3.63, 3.8) is 0 Å². The number of benzene rings is 2. The van der Waals surface area contributed by atoms with Crippen LogP contribution in [0.2, 0.25) is 0 Å². The predicted octanol–water partition coefficient (Wildman–Crippen LogP) is 3.56. The molecule has 0 saturated heterocycles. The molecule has 0 aliphatic rings. The maximum Gasteiger partial charge on any atom is 0.336 e. The Morgan fingerprint density at radius 1 is 1.10 bits per heavy atom. The summed E-state index contributed by atoms with van der Waals surface area (Å²) >= 11 is 0. The van der Waals surface area contributed by atoms with E-state index in [0.29, 0.717) is 17.0 Å². The molecule has 1 aromatic heterocycles. The maximum atomic E-state index is 11.7. The minimum Gasteiger partial charge on any atom is -0.478 e. The Balaban J connectivity index is 2.40. The summed E-state index contributed by atoms with van der Waals surface area (Å²) in [6.07, 6.45) is 0. The van der Waals surface area contributed by atoms with E-state index in [-0.39, 0.29) is 0 Å². The number of aromatic carboxylic acids is 1. The molecule has 106 valence electrons. The average molecular weight is 280 g/mol. The number of hydrogen-bond acceptors (Lipinski definition) is 2. The van der Waals surface area contributed by atoms with Gasteiger partial charge in [-0.1, -0.05) is 24.3 Å². The van der Waals surface area contributed by atoms with Crippen molar-refractivity contribution in [1.29, 1.82) is 0 Å². The van der Waals surface area contributed by atoms with Crippen LogP contribution >= 0.6 is 0 Å². The van der Waals surface area contributed by atoms with E-state index in [1.807, 2.05) is 61.9 Å². The normalized spacial score (nSPS) is 11.0. The van der Waals surface area contributed by atoms with Gasteiger partial charge in [0, 0.05) is 12.6 Å². The molecule has 1 N–H and O–H groups in total. The van der Waals surface area contributed by atoms with Gasteiger partial charge in [-0.25, -0.2) is 9.78 Å². The molecule has 21 heavy (non-hydrogen) atoms. The van der Waals surface area contributed by atoms with Gasteiger partial charge in [0.15, 0.2) is 0 Å². The highest BCUT2D eigenvalue weighted by molar-refractivity contribution is 5.98. The molecule has 0 aliphatic carbocycles. The van der Waals surface area contributed by atoms with Crippen LogP contribution in [0.25, 0.3) is 22.4 Å². The average Bonchev–Trinajstić information content (AvgIpc) is 2.78. The van der Waals surface area contributed by atoms with Crippen LogP contribution in [0.4, 0.5) is 0 Å². The minimum atomic E-state index is -0.918. The van der Waals surface area contributed by atoms with Crippen molar-refractivity contribution >= 4 is 17.0 Å². The summed E-state index contributed by atoms with van der Waals surface area (Å²) in [4.78, 5) is 16.3. The van der Waals surface area contributed by atoms with Crippen LogP contribution in [0.5, 0.6) is 0 Å². The topological polar surface area (TPSA) is 55.1 Å². The number of aryl methyl sites for hydroxylation is 3. The summed E-state index contributed by atoms with van der Waals surface area (Å²) in [5.41, 5.74) is 4.54. The summed E-state index contributed by atoms with van der Waals surface area (Å²) in [6.45, 7) is 3.73. The number of fused-ring (bicyclic) bond motifs is 1. The lowest BCUT2D eigenvalue weighted by molar-refractivity contribution is 0.0697. The Morgan fingerprint density at radius 2 is 1.76 bits per heavy atom. The lowest BCUT2D eigenvalue weighted by Gasteiger charge is -2.12. The molecular formula is C17H16N2O2. The van der Waals surface area contributed by atoms with Gasteiger partial charge in [-0.05, 0) is 37.1 Å². The predicted molar refractivity (Wildman–Crippen MR) is 82.6 cm³/mol. The van der Waals surface area contributed by atoms with Gasteiger partial charge in [-0.2, -0.15) is 0 Å². The fourth-order valence-corrected chi connectivity index (χ4v) is 2.74. The molecule has 3 rings (SSSR count). The smallest absolute Gasteiger partial charge is 0.336 e. The van der Waals surface area contributed by atoms with Gasteiger partial charge in [-0.3, -0.25) is 0 Å². The number of aromatic nitrogens is 2. The third kappa shape index (κ3) is 2.00. The van der Waals surface area contributed by atoms with E-state index >= 15 is 0 Å². The first-order chi connectivity index (χ1) is 10.0. The van der Waals surface area contributed by atoms with Crippen molar-refractivity contribution in [2.75, 3.05) is 0 Å². The molecule has 1 heterocycles. The number of hydrogen-bond donors (Lipinski definition) is 1. The van der Waals surface area contributed by atoms with Crippen molar-refractivity contribution in [2.24, 2.45) is 7.05 Å². The molecule has 0 fully saturated rings. The second kappa shape index (κ2) is 4.74. The highest BCUT2D eigenvalue weighted by atomic mass is 16.4. The number of para-hydroxylation sites is 2. The second-order valence-electron chi connectivity index (χ2n) is 5.24. The van der Waals surface area contributed by atoms with Crippen LogP contribution < -0.4 is 0 Å². The molecule has 0 spiro atoms. The Kier molecular flexibility index (Phi) is 3.01. The molecule has 0 atom stereocenters. The number of rotatable bonds is 2. The Labute approximate surface area is 122 Å². The molecule has 4 nitrogen and oxygen atoms in total. The molecule has 0 aliphatic heterocycles. The first-order valence-corrected chi connectivity index (χ1v) is 6.76. The Bertz CT molecular complexity index is 863.